The van der Waals surface area contributed by atoms with Crippen LogP contribution in [-0.2, 0) is 5.41 Å². The highest BCUT2D eigenvalue weighted by Crippen LogP contribution is 2.51. The molecule has 0 amide bonds. The number of benzene rings is 9. The largest absolute Gasteiger partial charge is 0.0629 e. The first-order valence-electron chi connectivity index (χ1n) is 18.7. The van der Waals surface area contributed by atoms with Gasteiger partial charge in [0.15, 0.2) is 0 Å². The van der Waals surface area contributed by atoms with Crippen LogP contribution in [0, 0.1) is 0 Å². The van der Waals surface area contributed by atoms with Gasteiger partial charge in [0.05, 0.1) is 6.85 Å². The lowest BCUT2D eigenvalue weighted by molar-refractivity contribution is 0.661. The van der Waals surface area contributed by atoms with Gasteiger partial charge in [0.1, 0.15) is 0 Å². The molecule has 0 radical (unpaired) electrons. The highest BCUT2D eigenvalue weighted by atomic mass is 14.4. The Morgan fingerprint density at radius 1 is 0.404 bits per heavy atom. The van der Waals surface area contributed by atoms with Gasteiger partial charge in [-0.3, -0.25) is 0 Å². The van der Waals surface area contributed by atoms with E-state index in [-0.39, 0.29) is 35.1 Å². The molecule has 9 aromatic carbocycles. The molecule has 0 saturated carbocycles. The predicted octanol–water partition coefficient (Wildman–Crippen LogP) is 13.0. The van der Waals surface area contributed by atoms with E-state index >= 15 is 0 Å². The molecule has 0 aromatic heterocycles. The summed E-state index contributed by atoms with van der Waals surface area (Å²) < 4.78 is 43.6. The maximum atomic E-state index is 9.06. The van der Waals surface area contributed by atoms with Crippen LogP contribution in [0.4, 0.5) is 0 Å². The van der Waals surface area contributed by atoms with Crippen molar-refractivity contribution in [2.75, 3.05) is 0 Å². The Morgan fingerprint density at radius 3 is 1.79 bits per heavy atom. The molecule has 1 aliphatic rings. The van der Waals surface area contributed by atoms with Crippen molar-refractivity contribution in [1.82, 2.24) is 0 Å². The summed E-state index contributed by atoms with van der Waals surface area (Å²) in [6.45, 7) is 4.57. The average Bonchev–Trinajstić information content (AvgIpc) is 3.39. The van der Waals surface area contributed by atoms with Crippen LogP contribution in [0.5, 0.6) is 0 Å². The Labute approximate surface area is 281 Å². The summed E-state index contributed by atoms with van der Waals surface area (Å²) in [5.41, 5.74) is 9.34. The zero-order valence-corrected chi connectivity index (χ0v) is 26.1. The molecule has 9 aromatic rings. The van der Waals surface area contributed by atoms with Crippen molar-refractivity contribution < 1.29 is 6.85 Å². The van der Waals surface area contributed by atoms with Crippen LogP contribution in [-0.4, -0.2) is 0 Å². The van der Waals surface area contributed by atoms with Crippen molar-refractivity contribution in [2.24, 2.45) is 0 Å². The van der Waals surface area contributed by atoms with Gasteiger partial charge in [-0.05, 0) is 123 Å². The Kier molecular flexibility index (Phi) is 4.50. The van der Waals surface area contributed by atoms with Gasteiger partial charge in [-0.1, -0.05) is 147 Å². The Bertz CT molecular complexity index is 2950. The molecule has 0 bridgehead atoms. The second-order valence-corrected chi connectivity index (χ2v) is 13.4. The molecular formula is C47H32. The molecule has 47 heavy (non-hydrogen) atoms. The van der Waals surface area contributed by atoms with Crippen LogP contribution >= 0.6 is 0 Å². The molecule has 0 heteroatoms. The third kappa shape index (κ3) is 3.82. The number of hydrogen-bond acceptors (Lipinski definition) is 0. The molecule has 0 unspecified atom stereocenters. The topological polar surface area (TPSA) is 0 Å². The molecular weight excluding hydrogens is 565 g/mol. The maximum absolute atomic E-state index is 9.06. The van der Waals surface area contributed by atoms with Gasteiger partial charge in [-0.15, -0.1) is 0 Å². The second kappa shape index (κ2) is 9.64. The second-order valence-electron chi connectivity index (χ2n) is 13.4. The van der Waals surface area contributed by atoms with Gasteiger partial charge in [-0.2, -0.15) is 0 Å². The van der Waals surface area contributed by atoms with Gasteiger partial charge in [0.2, 0.25) is 0 Å². The summed E-state index contributed by atoms with van der Waals surface area (Å²) >= 11 is 0. The van der Waals surface area contributed by atoms with E-state index in [0.29, 0.717) is 5.56 Å². The molecule has 1 aliphatic carbocycles. The standard InChI is InChI=1S/C47H32/c1-47(2)43-28-36(20-23-39(43)42-26-33-11-6-7-12-34(33)27-44(42)47)35-19-22-38(41(25-35)29-9-4-3-5-10-29)37-21-17-32-16-15-30-13-8-14-31-18-24-40(37)46(32)45(30)31/h3-28H,1-2H3/i3D,4D,5D,9D,10D. The van der Waals surface area contributed by atoms with E-state index in [0.717, 1.165) is 38.4 Å². The van der Waals surface area contributed by atoms with E-state index in [4.69, 9.17) is 6.85 Å². The molecule has 0 fully saturated rings. The zero-order valence-electron chi connectivity index (χ0n) is 31.1. The lowest BCUT2D eigenvalue weighted by Crippen LogP contribution is -2.15. The van der Waals surface area contributed by atoms with Crippen molar-refractivity contribution in [3.8, 4) is 44.5 Å². The zero-order chi connectivity index (χ0) is 35.6. The SMILES string of the molecule is [2H]c1c([2H])c([2H])c(-c2cc(-c3ccc4c(c3)C(C)(C)c3cc5ccccc5cc3-4)ccc2-c2ccc3ccc4cccc5ccc2c3c45)c([2H])c1[2H]. The molecule has 0 saturated heterocycles. The lowest BCUT2D eigenvalue weighted by Gasteiger charge is -2.22. The monoisotopic (exact) mass is 601 g/mol. The molecule has 0 spiro atoms. The molecule has 0 nitrogen and oxygen atoms in total. The summed E-state index contributed by atoms with van der Waals surface area (Å²) in [5.74, 6) is 0. The fourth-order valence-corrected chi connectivity index (χ4v) is 8.12. The molecule has 0 atom stereocenters. The number of hydrogen-bond donors (Lipinski definition) is 0. The van der Waals surface area contributed by atoms with Crippen LogP contribution in [0.15, 0.2) is 158 Å². The van der Waals surface area contributed by atoms with Crippen molar-refractivity contribution in [2.45, 2.75) is 19.3 Å². The van der Waals surface area contributed by atoms with Crippen molar-refractivity contribution in [3.63, 3.8) is 0 Å². The Balaban J connectivity index is 1.22. The van der Waals surface area contributed by atoms with E-state index in [1.165, 1.54) is 49.2 Å². The normalized spacial score (nSPS) is 15.0. The minimum absolute atomic E-state index is 0.203. The van der Waals surface area contributed by atoms with Gasteiger partial charge in [-0.25, -0.2) is 0 Å². The quantitative estimate of drug-likeness (QED) is 0.177. The summed E-state index contributed by atoms with van der Waals surface area (Å²) in [6, 6.07) is 43.7. The van der Waals surface area contributed by atoms with Crippen LogP contribution in [0.2, 0.25) is 0 Å². The fraction of sp³-hybridized carbons (Fsp3) is 0.0638. The van der Waals surface area contributed by atoms with Crippen LogP contribution in [0.1, 0.15) is 31.8 Å². The van der Waals surface area contributed by atoms with Gasteiger partial charge < -0.3 is 0 Å². The Morgan fingerprint density at radius 2 is 1.00 bits per heavy atom. The average molecular weight is 602 g/mol. The highest BCUT2D eigenvalue weighted by Gasteiger charge is 2.36. The van der Waals surface area contributed by atoms with E-state index < -0.39 is 6.04 Å². The van der Waals surface area contributed by atoms with Crippen molar-refractivity contribution in [1.29, 1.82) is 0 Å². The Hall–Kier alpha value is -5.72. The minimum atomic E-state index is -0.396. The molecule has 0 aliphatic heterocycles. The third-order valence-corrected chi connectivity index (χ3v) is 10.5. The van der Waals surface area contributed by atoms with E-state index in [9.17, 15) is 0 Å². The van der Waals surface area contributed by atoms with Crippen LogP contribution in [0.3, 0.4) is 0 Å². The maximum Gasteiger partial charge on any atom is 0.0629 e. The minimum Gasteiger partial charge on any atom is -0.0622 e. The van der Waals surface area contributed by atoms with Gasteiger partial charge in [0.25, 0.3) is 0 Å². The van der Waals surface area contributed by atoms with Crippen LogP contribution < -0.4 is 0 Å². The summed E-state index contributed by atoms with van der Waals surface area (Å²) in [5, 5.41) is 9.36. The van der Waals surface area contributed by atoms with Crippen molar-refractivity contribution in [3.05, 3.63) is 169 Å². The highest BCUT2D eigenvalue weighted by molar-refractivity contribution is 6.25. The fourth-order valence-electron chi connectivity index (χ4n) is 8.12. The third-order valence-electron chi connectivity index (χ3n) is 10.5. The van der Waals surface area contributed by atoms with Crippen molar-refractivity contribution >= 4 is 43.1 Å². The summed E-state index contributed by atoms with van der Waals surface area (Å²) in [7, 11) is 0. The number of fused-ring (bicyclic) bond motifs is 4. The first-order valence-corrected chi connectivity index (χ1v) is 16.2. The molecule has 220 valence electrons. The first-order chi connectivity index (χ1) is 25.1. The van der Waals surface area contributed by atoms with E-state index in [1.54, 1.807) is 0 Å². The molecule has 0 N–H and O–H groups in total. The lowest BCUT2D eigenvalue weighted by atomic mass is 9.81. The van der Waals surface area contributed by atoms with E-state index in [2.05, 4.69) is 135 Å². The summed E-state index contributed by atoms with van der Waals surface area (Å²) in [6.07, 6.45) is 0. The smallest absolute Gasteiger partial charge is 0.0622 e. The van der Waals surface area contributed by atoms with E-state index in [1.807, 2.05) is 6.07 Å². The predicted molar refractivity (Wildman–Crippen MR) is 202 cm³/mol. The molecule has 0 heterocycles. The van der Waals surface area contributed by atoms with Gasteiger partial charge in [0, 0.05) is 5.41 Å². The molecule has 10 rings (SSSR count). The number of rotatable bonds is 3. The van der Waals surface area contributed by atoms with Crippen LogP contribution in [0.25, 0.3) is 87.6 Å². The summed E-state index contributed by atoms with van der Waals surface area (Å²) in [4.78, 5) is 0. The first kappa shape index (κ1) is 21.9. The van der Waals surface area contributed by atoms with Gasteiger partial charge >= 0.3 is 0 Å².